The molecular weight excluding hydrogens is 296 g/mol. The molecule has 128 valence electrons. The van der Waals surface area contributed by atoms with Crippen molar-refractivity contribution in [3.8, 4) is 0 Å². The predicted octanol–water partition coefficient (Wildman–Crippen LogP) is 2.86. The van der Waals surface area contributed by atoms with Gasteiger partial charge in [-0.25, -0.2) is 0 Å². The molecule has 0 aromatic heterocycles. The summed E-state index contributed by atoms with van der Waals surface area (Å²) in [4.78, 5) is 10.2. The van der Waals surface area contributed by atoms with Crippen molar-refractivity contribution in [1.82, 2.24) is 0 Å². The number of carbonyl (C=O) groups is 1. The van der Waals surface area contributed by atoms with E-state index in [2.05, 4.69) is 6.92 Å². The predicted molar refractivity (Wildman–Crippen MR) is 83.0 cm³/mol. The van der Waals surface area contributed by atoms with Crippen molar-refractivity contribution in [2.75, 3.05) is 12.4 Å². The molecule has 3 N–H and O–H groups in total. The number of hydrogen-bond donors (Lipinski definition) is 3. The highest BCUT2D eigenvalue weighted by atomic mass is 32.2. The van der Waals surface area contributed by atoms with Crippen molar-refractivity contribution >= 4 is 16.1 Å². The maximum absolute atomic E-state index is 10.2. The molecule has 0 spiro atoms. The van der Waals surface area contributed by atoms with Gasteiger partial charge in [0, 0.05) is 6.42 Å². The Morgan fingerprint density at radius 2 is 1.33 bits per heavy atom. The molecule has 0 bridgehead atoms. The molecule has 21 heavy (non-hydrogen) atoms. The summed E-state index contributed by atoms with van der Waals surface area (Å²) in [6, 6.07) is 0. The zero-order valence-corrected chi connectivity index (χ0v) is 13.8. The smallest absolute Gasteiger partial charge is 0.303 e. The highest BCUT2D eigenvalue weighted by Crippen LogP contribution is 2.10. The van der Waals surface area contributed by atoms with Crippen LogP contribution in [0.15, 0.2) is 0 Å². The van der Waals surface area contributed by atoms with Crippen molar-refractivity contribution in [2.45, 2.75) is 71.1 Å². The maximum Gasteiger partial charge on any atom is 0.303 e. The third kappa shape index (κ3) is 28.3. The maximum atomic E-state index is 10.2. The van der Waals surface area contributed by atoms with Crippen LogP contribution in [0.1, 0.15) is 71.1 Å². The van der Waals surface area contributed by atoms with E-state index < -0.39 is 28.4 Å². The molecule has 0 rings (SSSR count). The largest absolute Gasteiger partial charge is 0.481 e. The van der Waals surface area contributed by atoms with E-state index in [4.69, 9.17) is 14.8 Å². The van der Waals surface area contributed by atoms with Gasteiger partial charge in [0.15, 0.2) is 0 Å². The van der Waals surface area contributed by atoms with Crippen molar-refractivity contribution in [2.24, 2.45) is 0 Å². The summed E-state index contributed by atoms with van der Waals surface area (Å²) in [6.45, 7) is 1.70. The molecule has 0 aliphatic carbocycles. The lowest BCUT2D eigenvalue weighted by Gasteiger charge is -2.00. The van der Waals surface area contributed by atoms with E-state index in [1.165, 1.54) is 44.9 Å². The first-order valence-corrected chi connectivity index (χ1v) is 9.22. The third-order valence-electron chi connectivity index (χ3n) is 2.84. The van der Waals surface area contributed by atoms with Crippen molar-refractivity contribution < 1.29 is 28.0 Å². The highest BCUT2D eigenvalue weighted by molar-refractivity contribution is 7.85. The Bertz CT molecular complexity index is 326. The van der Waals surface area contributed by atoms with Crippen molar-refractivity contribution in [3.63, 3.8) is 0 Å². The van der Waals surface area contributed by atoms with Gasteiger partial charge < -0.3 is 10.2 Å². The van der Waals surface area contributed by atoms with Gasteiger partial charge in [-0.2, -0.15) is 8.42 Å². The fraction of sp³-hybridized carbons (Fsp3) is 0.929. The normalized spacial score (nSPS) is 10.8. The Morgan fingerprint density at radius 1 is 0.905 bits per heavy atom. The summed E-state index contributed by atoms with van der Waals surface area (Å²) in [6.07, 6.45) is 11.5. The highest BCUT2D eigenvalue weighted by Gasteiger charge is 1.99. The summed E-state index contributed by atoms with van der Waals surface area (Å²) in [7, 11) is -3.92. The molecule has 0 aromatic rings. The molecule has 0 heterocycles. The van der Waals surface area contributed by atoms with Crippen LogP contribution in [0.4, 0.5) is 0 Å². The number of aliphatic hydroxyl groups excluding tert-OH is 1. The van der Waals surface area contributed by atoms with Crippen LogP contribution in [0.5, 0.6) is 0 Å². The molecule has 0 fully saturated rings. The van der Waals surface area contributed by atoms with E-state index >= 15 is 0 Å². The lowest BCUT2D eigenvalue weighted by atomic mass is 10.1. The van der Waals surface area contributed by atoms with Crippen molar-refractivity contribution in [1.29, 1.82) is 0 Å². The molecular formula is C14H30O6S. The number of hydrogen-bond acceptors (Lipinski definition) is 4. The SMILES string of the molecule is CCCCCCCCCCCC(=O)O.O=S(=O)(O)CCO. The van der Waals surface area contributed by atoms with Crippen LogP contribution in [0.2, 0.25) is 0 Å². The van der Waals surface area contributed by atoms with E-state index in [-0.39, 0.29) is 0 Å². The Kier molecular flexibility index (Phi) is 16.9. The number of aliphatic carboxylic acids is 1. The van der Waals surface area contributed by atoms with E-state index in [9.17, 15) is 13.2 Å². The van der Waals surface area contributed by atoms with E-state index in [1.807, 2.05) is 0 Å². The van der Waals surface area contributed by atoms with Crippen LogP contribution >= 0.6 is 0 Å². The Hall–Kier alpha value is -0.660. The van der Waals surface area contributed by atoms with E-state index in [0.29, 0.717) is 6.42 Å². The van der Waals surface area contributed by atoms with Crippen molar-refractivity contribution in [3.05, 3.63) is 0 Å². The minimum atomic E-state index is -3.92. The molecule has 0 unspecified atom stereocenters. The summed E-state index contributed by atoms with van der Waals surface area (Å²) in [5.74, 6) is -1.24. The van der Waals surface area contributed by atoms with Gasteiger partial charge in [0.05, 0.1) is 12.4 Å². The first-order valence-electron chi connectivity index (χ1n) is 7.61. The molecule has 6 nitrogen and oxygen atoms in total. The van der Waals surface area contributed by atoms with Crippen LogP contribution in [0.25, 0.3) is 0 Å². The average molecular weight is 326 g/mol. The molecule has 0 atom stereocenters. The monoisotopic (exact) mass is 326 g/mol. The van der Waals surface area contributed by atoms with Gasteiger partial charge in [0.1, 0.15) is 0 Å². The van der Waals surface area contributed by atoms with Gasteiger partial charge in [0.25, 0.3) is 10.1 Å². The number of carboxylic acids is 1. The van der Waals surface area contributed by atoms with Crippen LogP contribution in [0, 0.1) is 0 Å². The Morgan fingerprint density at radius 3 is 1.62 bits per heavy atom. The molecule has 0 saturated heterocycles. The summed E-state index contributed by atoms with van der Waals surface area (Å²) < 4.78 is 27.1. The van der Waals surface area contributed by atoms with Crippen LogP contribution in [-0.4, -0.2) is 41.5 Å². The van der Waals surface area contributed by atoms with Gasteiger partial charge in [-0.1, -0.05) is 58.3 Å². The van der Waals surface area contributed by atoms with Crippen LogP contribution in [-0.2, 0) is 14.9 Å². The van der Waals surface area contributed by atoms with Crippen LogP contribution in [0.3, 0.4) is 0 Å². The number of rotatable bonds is 12. The van der Waals surface area contributed by atoms with Gasteiger partial charge >= 0.3 is 5.97 Å². The summed E-state index contributed by atoms with van der Waals surface area (Å²) >= 11 is 0. The third-order valence-corrected chi connectivity index (χ3v) is 3.54. The van der Waals surface area contributed by atoms with E-state index in [1.54, 1.807) is 0 Å². The zero-order valence-electron chi connectivity index (χ0n) is 13.0. The number of aliphatic hydroxyl groups is 1. The Balaban J connectivity index is 0. The van der Waals surface area contributed by atoms with Gasteiger partial charge in [-0.05, 0) is 6.42 Å². The molecule has 0 radical (unpaired) electrons. The van der Waals surface area contributed by atoms with Crippen LogP contribution < -0.4 is 0 Å². The molecule has 0 aromatic carbocycles. The van der Waals surface area contributed by atoms with Gasteiger partial charge in [-0.3, -0.25) is 9.35 Å². The minimum absolute atomic E-state index is 0.343. The second-order valence-corrected chi connectivity index (χ2v) is 6.55. The summed E-state index contributed by atoms with van der Waals surface area (Å²) in [5, 5.41) is 16.3. The summed E-state index contributed by atoms with van der Waals surface area (Å²) in [5.41, 5.74) is 0. The number of carboxylic acid groups (broad SMARTS) is 1. The molecule has 0 amide bonds. The second kappa shape index (κ2) is 15.7. The fourth-order valence-electron chi connectivity index (χ4n) is 1.70. The zero-order chi connectivity index (χ0) is 16.6. The minimum Gasteiger partial charge on any atom is -0.481 e. The molecule has 7 heteroatoms. The van der Waals surface area contributed by atoms with E-state index in [0.717, 1.165) is 12.8 Å². The first-order chi connectivity index (χ1) is 9.83. The van der Waals surface area contributed by atoms with Gasteiger partial charge in [-0.15, -0.1) is 0 Å². The topological polar surface area (TPSA) is 112 Å². The molecule has 0 aliphatic rings. The lowest BCUT2D eigenvalue weighted by Crippen LogP contribution is -2.06. The quantitative estimate of drug-likeness (QED) is 0.375. The molecule has 0 saturated carbocycles. The molecule has 0 aliphatic heterocycles. The second-order valence-electron chi connectivity index (χ2n) is 4.98. The average Bonchev–Trinajstić information content (AvgIpc) is 2.36. The van der Waals surface area contributed by atoms with Gasteiger partial charge in [0.2, 0.25) is 0 Å². The standard InChI is InChI=1S/C12H24O2.C2H6O4S/c1-2-3-4-5-6-7-8-9-10-11-12(13)14;3-1-2-7(4,5)6/h2-11H2,1H3,(H,13,14);3H,1-2H2,(H,4,5,6). The first kappa shape index (κ1) is 22.6. The lowest BCUT2D eigenvalue weighted by molar-refractivity contribution is -0.137. The Labute approximate surface area is 128 Å². The number of unbranched alkanes of at least 4 members (excludes halogenated alkanes) is 8. The fourth-order valence-corrected chi connectivity index (χ4v) is 1.93.